The van der Waals surface area contributed by atoms with Crippen molar-refractivity contribution in [3.05, 3.63) is 83.2 Å². The molecule has 0 aliphatic rings. The molecule has 0 fully saturated rings. The predicted molar refractivity (Wildman–Crippen MR) is 85.1 cm³/mol. The number of hydrogen-bond donors (Lipinski definition) is 3. The number of hydrogen-bond acceptors (Lipinski definition) is 3. The molecule has 0 saturated heterocycles. The molecule has 0 aromatic heterocycles. The van der Waals surface area contributed by atoms with E-state index in [0.717, 1.165) is 18.2 Å². The molecule has 2 aromatic rings. The molecule has 5 N–H and O–H groups in total. The van der Waals surface area contributed by atoms with Crippen molar-refractivity contribution in [2.24, 2.45) is 11.5 Å². The van der Waals surface area contributed by atoms with Crippen LogP contribution in [-0.2, 0) is 0 Å². The third kappa shape index (κ3) is 3.26. The number of rotatable bonds is 4. The molecule has 0 unspecified atom stereocenters. The third-order valence-corrected chi connectivity index (χ3v) is 3.22. The van der Waals surface area contributed by atoms with Gasteiger partial charge in [0.15, 0.2) is 5.83 Å². The van der Waals surface area contributed by atoms with Crippen LogP contribution in [0.25, 0.3) is 11.4 Å². The smallest absolute Gasteiger partial charge is 0.172 e. The van der Waals surface area contributed by atoms with E-state index in [1.807, 2.05) is 0 Å². The van der Waals surface area contributed by atoms with E-state index in [1.165, 1.54) is 24.3 Å². The van der Waals surface area contributed by atoms with Crippen molar-refractivity contribution in [2.45, 2.75) is 0 Å². The lowest BCUT2D eigenvalue weighted by Crippen LogP contribution is -2.13. The Morgan fingerprint density at radius 1 is 1.00 bits per heavy atom. The zero-order chi connectivity index (χ0) is 17.1. The van der Waals surface area contributed by atoms with E-state index in [2.05, 4.69) is 6.58 Å². The first-order chi connectivity index (χ1) is 10.8. The van der Waals surface area contributed by atoms with Gasteiger partial charge in [0, 0.05) is 22.4 Å². The molecular weight excluding hydrogens is 303 g/mol. The fourth-order valence-electron chi connectivity index (χ4n) is 2.05. The Bertz CT molecular complexity index is 808. The van der Waals surface area contributed by atoms with Gasteiger partial charge < -0.3 is 11.5 Å². The summed E-state index contributed by atoms with van der Waals surface area (Å²) in [5.74, 6) is -2.46. The Kier molecular flexibility index (Phi) is 4.55. The molecule has 0 spiro atoms. The Morgan fingerprint density at radius 2 is 1.61 bits per heavy atom. The van der Waals surface area contributed by atoms with E-state index in [4.69, 9.17) is 16.9 Å². The Balaban J connectivity index is 2.54. The van der Waals surface area contributed by atoms with Crippen LogP contribution in [0, 0.1) is 17.0 Å². The van der Waals surface area contributed by atoms with Crippen LogP contribution in [0.3, 0.4) is 0 Å². The second kappa shape index (κ2) is 6.39. The predicted octanol–water partition coefficient (Wildman–Crippen LogP) is 3.56. The highest BCUT2D eigenvalue weighted by Gasteiger charge is 2.20. The lowest BCUT2D eigenvalue weighted by molar-refractivity contribution is 0.621. The van der Waals surface area contributed by atoms with E-state index in [-0.39, 0.29) is 22.4 Å². The first kappa shape index (κ1) is 16.4. The molecule has 0 aliphatic carbocycles. The molecule has 0 atom stereocenters. The van der Waals surface area contributed by atoms with Gasteiger partial charge in [-0.1, -0.05) is 18.7 Å². The molecule has 2 aromatic carbocycles. The van der Waals surface area contributed by atoms with Gasteiger partial charge in [0.2, 0.25) is 0 Å². The van der Waals surface area contributed by atoms with Crippen molar-refractivity contribution >= 4 is 17.1 Å². The molecule has 0 aliphatic heterocycles. The Hall–Kier alpha value is -3.02. The summed E-state index contributed by atoms with van der Waals surface area (Å²) < 4.78 is 41.4. The minimum atomic E-state index is -1.13. The van der Waals surface area contributed by atoms with Crippen molar-refractivity contribution in [2.75, 3.05) is 0 Å². The molecule has 0 heterocycles. The summed E-state index contributed by atoms with van der Waals surface area (Å²) >= 11 is 0. The quantitative estimate of drug-likeness (QED) is 0.754. The SMILES string of the molecule is C=C(N)c1cccc(F)c1C(=N)/C(F)=C(\N)c1ccc(F)cc1. The molecule has 0 saturated carbocycles. The lowest BCUT2D eigenvalue weighted by Gasteiger charge is -2.12. The van der Waals surface area contributed by atoms with Crippen LogP contribution in [0.4, 0.5) is 13.2 Å². The first-order valence-electron chi connectivity index (χ1n) is 6.56. The maximum absolute atomic E-state index is 14.5. The summed E-state index contributed by atoms with van der Waals surface area (Å²) in [7, 11) is 0. The summed E-state index contributed by atoms with van der Waals surface area (Å²) in [5.41, 5.74) is 10.0. The van der Waals surface area contributed by atoms with E-state index >= 15 is 0 Å². The largest absolute Gasteiger partial charge is 0.399 e. The van der Waals surface area contributed by atoms with Gasteiger partial charge >= 0.3 is 0 Å². The Morgan fingerprint density at radius 3 is 2.17 bits per heavy atom. The average Bonchev–Trinajstić information content (AvgIpc) is 2.53. The fraction of sp³-hybridized carbons (Fsp3) is 0. The van der Waals surface area contributed by atoms with Crippen LogP contribution >= 0.6 is 0 Å². The molecule has 0 radical (unpaired) electrons. The normalized spacial score (nSPS) is 11.8. The van der Waals surface area contributed by atoms with Gasteiger partial charge in [-0.25, -0.2) is 13.2 Å². The van der Waals surface area contributed by atoms with Crippen LogP contribution in [0.1, 0.15) is 16.7 Å². The highest BCUT2D eigenvalue weighted by Crippen LogP contribution is 2.25. The maximum atomic E-state index is 14.5. The van der Waals surface area contributed by atoms with Gasteiger partial charge in [0.25, 0.3) is 0 Å². The van der Waals surface area contributed by atoms with Gasteiger partial charge in [-0.3, -0.25) is 5.41 Å². The molecule has 118 valence electrons. The maximum Gasteiger partial charge on any atom is 0.172 e. The van der Waals surface area contributed by atoms with Crippen molar-refractivity contribution in [3.8, 4) is 0 Å². The average molecular weight is 317 g/mol. The van der Waals surface area contributed by atoms with Gasteiger partial charge in [0.05, 0.1) is 5.70 Å². The minimum Gasteiger partial charge on any atom is -0.399 e. The molecule has 0 bridgehead atoms. The number of allylic oxidation sites excluding steroid dienone is 1. The van der Waals surface area contributed by atoms with E-state index in [9.17, 15) is 13.2 Å². The van der Waals surface area contributed by atoms with Crippen molar-refractivity contribution in [1.29, 1.82) is 5.41 Å². The van der Waals surface area contributed by atoms with Crippen molar-refractivity contribution < 1.29 is 13.2 Å². The van der Waals surface area contributed by atoms with Crippen LogP contribution in [0.5, 0.6) is 0 Å². The molecular formula is C17H14F3N3. The van der Waals surface area contributed by atoms with Crippen LogP contribution < -0.4 is 11.5 Å². The van der Waals surface area contributed by atoms with Crippen molar-refractivity contribution in [1.82, 2.24) is 0 Å². The standard InChI is InChI=1S/C17H14F3N3/c1-9(21)12-3-2-4-13(19)14(12)17(23)15(20)16(22)10-5-7-11(18)8-6-10/h2-8,23H,1,21-22H2/b16-15+,23-17?. The number of benzene rings is 2. The summed E-state index contributed by atoms with van der Waals surface area (Å²) in [6, 6.07) is 8.63. The number of nitrogens with two attached hydrogens (primary N) is 2. The second-order valence-corrected chi connectivity index (χ2v) is 4.80. The second-order valence-electron chi connectivity index (χ2n) is 4.80. The van der Waals surface area contributed by atoms with Crippen LogP contribution in [-0.4, -0.2) is 5.71 Å². The third-order valence-electron chi connectivity index (χ3n) is 3.22. The summed E-state index contributed by atoms with van der Waals surface area (Å²) in [6.45, 7) is 3.48. The molecule has 6 heteroatoms. The van der Waals surface area contributed by atoms with Crippen LogP contribution in [0.15, 0.2) is 54.9 Å². The van der Waals surface area contributed by atoms with E-state index in [0.29, 0.717) is 0 Å². The first-order valence-corrected chi connectivity index (χ1v) is 6.56. The summed E-state index contributed by atoms with van der Waals surface area (Å²) in [6.07, 6.45) is 0. The van der Waals surface area contributed by atoms with Gasteiger partial charge in [-0.2, -0.15) is 0 Å². The highest BCUT2D eigenvalue weighted by atomic mass is 19.1. The van der Waals surface area contributed by atoms with Crippen molar-refractivity contribution in [3.63, 3.8) is 0 Å². The fourth-order valence-corrected chi connectivity index (χ4v) is 2.05. The number of nitrogens with one attached hydrogen (secondary N) is 1. The van der Waals surface area contributed by atoms with Gasteiger partial charge in [-0.15, -0.1) is 0 Å². The lowest BCUT2D eigenvalue weighted by atomic mass is 9.98. The Labute approximate surface area is 131 Å². The summed E-state index contributed by atoms with van der Waals surface area (Å²) in [5, 5.41) is 7.91. The number of halogens is 3. The highest BCUT2D eigenvalue weighted by molar-refractivity contribution is 6.15. The topological polar surface area (TPSA) is 75.9 Å². The van der Waals surface area contributed by atoms with E-state index in [1.54, 1.807) is 0 Å². The van der Waals surface area contributed by atoms with Gasteiger partial charge in [0.1, 0.15) is 17.3 Å². The monoisotopic (exact) mass is 317 g/mol. The molecule has 0 amide bonds. The van der Waals surface area contributed by atoms with Crippen LogP contribution in [0.2, 0.25) is 0 Å². The molecule has 3 nitrogen and oxygen atoms in total. The van der Waals surface area contributed by atoms with E-state index < -0.39 is 28.9 Å². The van der Waals surface area contributed by atoms with Gasteiger partial charge in [-0.05, 0) is 30.3 Å². The zero-order valence-electron chi connectivity index (χ0n) is 12.0. The summed E-state index contributed by atoms with van der Waals surface area (Å²) in [4.78, 5) is 0. The minimum absolute atomic E-state index is 0.00240. The zero-order valence-corrected chi connectivity index (χ0v) is 12.0. The molecule has 2 rings (SSSR count). The molecule has 23 heavy (non-hydrogen) atoms.